The topological polar surface area (TPSA) is 35.8 Å². The number of nitrogens with one attached hydrogen (secondary N) is 1. The molecule has 0 radical (unpaired) electrons. The first kappa shape index (κ1) is 14.3. The molecule has 0 fully saturated rings. The largest absolute Gasteiger partial charge is 0.417 e. The molecule has 2 nitrogen and oxygen atoms in total. The van der Waals surface area contributed by atoms with E-state index in [4.69, 9.17) is 5.26 Å². The molecular weight excluding hydrogens is 241 g/mol. The quantitative estimate of drug-likeness (QED) is 0.837. The number of alkyl halides is 3. The second kappa shape index (κ2) is 6.22. The maximum Gasteiger partial charge on any atom is 0.417 e. The molecule has 0 bridgehead atoms. The average Bonchev–Trinajstić information content (AvgIpc) is 2.33. The van der Waals surface area contributed by atoms with Crippen molar-refractivity contribution in [2.24, 2.45) is 0 Å². The molecular formula is C13H13F3N2. The van der Waals surface area contributed by atoms with Crippen LogP contribution in [0.2, 0.25) is 0 Å². The predicted molar refractivity (Wildman–Crippen MR) is 63.7 cm³/mol. The molecule has 0 aliphatic heterocycles. The van der Waals surface area contributed by atoms with Gasteiger partial charge in [-0.15, -0.1) is 0 Å². The highest BCUT2D eigenvalue weighted by molar-refractivity contribution is 5.54. The third-order valence-corrected chi connectivity index (χ3v) is 2.34. The standard InChI is InChI=1S/C13H13F3N2/c1-18-7-3-2-4-10-5-6-11(9-17)12(8-10)13(14,15)16/h2,4-6,8,18H,3,7H2,1H3. The summed E-state index contributed by atoms with van der Waals surface area (Å²) in [6, 6.07) is 5.24. The summed E-state index contributed by atoms with van der Waals surface area (Å²) in [4.78, 5) is 0. The van der Waals surface area contributed by atoms with Crippen LogP contribution in [0.25, 0.3) is 6.08 Å². The van der Waals surface area contributed by atoms with Gasteiger partial charge < -0.3 is 5.32 Å². The van der Waals surface area contributed by atoms with E-state index in [0.29, 0.717) is 5.56 Å². The van der Waals surface area contributed by atoms with Gasteiger partial charge in [-0.2, -0.15) is 18.4 Å². The molecule has 1 rings (SSSR count). The van der Waals surface area contributed by atoms with Gasteiger partial charge in [0.25, 0.3) is 0 Å². The SMILES string of the molecule is CNCCC=Cc1ccc(C#N)c(C(F)(F)F)c1. The predicted octanol–water partition coefficient (Wildman–Crippen LogP) is 3.20. The van der Waals surface area contributed by atoms with E-state index >= 15 is 0 Å². The minimum atomic E-state index is -4.50. The summed E-state index contributed by atoms with van der Waals surface area (Å²) in [5.41, 5.74) is -0.798. The molecule has 96 valence electrons. The van der Waals surface area contributed by atoms with E-state index in [0.717, 1.165) is 19.0 Å². The van der Waals surface area contributed by atoms with E-state index in [1.165, 1.54) is 12.1 Å². The highest BCUT2D eigenvalue weighted by atomic mass is 19.4. The number of nitrogens with zero attached hydrogens (tertiary/aromatic N) is 1. The summed E-state index contributed by atoms with van der Waals surface area (Å²) >= 11 is 0. The Bertz CT molecular complexity index is 470. The average molecular weight is 254 g/mol. The molecule has 18 heavy (non-hydrogen) atoms. The fraction of sp³-hybridized carbons (Fsp3) is 0.308. The Balaban J connectivity index is 2.98. The Kier molecular flexibility index (Phi) is 4.93. The Labute approximate surface area is 104 Å². The van der Waals surface area contributed by atoms with Crippen molar-refractivity contribution in [2.75, 3.05) is 13.6 Å². The second-order valence-corrected chi connectivity index (χ2v) is 3.71. The Hall–Kier alpha value is -1.80. The van der Waals surface area contributed by atoms with Gasteiger partial charge in [0.05, 0.1) is 17.2 Å². The molecule has 0 saturated heterocycles. The molecule has 0 spiro atoms. The number of benzene rings is 1. The van der Waals surface area contributed by atoms with E-state index in [1.807, 2.05) is 0 Å². The Morgan fingerprint density at radius 1 is 1.39 bits per heavy atom. The summed E-state index contributed by atoms with van der Waals surface area (Å²) < 4.78 is 38.0. The van der Waals surface area contributed by atoms with Crippen molar-refractivity contribution in [1.29, 1.82) is 5.26 Å². The van der Waals surface area contributed by atoms with Crippen LogP contribution in [0.15, 0.2) is 24.3 Å². The van der Waals surface area contributed by atoms with Crippen molar-refractivity contribution < 1.29 is 13.2 Å². The van der Waals surface area contributed by atoms with Gasteiger partial charge in [-0.25, -0.2) is 0 Å². The number of halogens is 3. The summed E-state index contributed by atoms with van der Waals surface area (Å²) in [5, 5.41) is 11.6. The molecule has 0 heterocycles. The molecule has 0 saturated carbocycles. The Morgan fingerprint density at radius 2 is 2.11 bits per heavy atom. The van der Waals surface area contributed by atoms with E-state index in [2.05, 4.69) is 5.32 Å². The van der Waals surface area contributed by atoms with Gasteiger partial charge in [0.1, 0.15) is 0 Å². The van der Waals surface area contributed by atoms with E-state index in [9.17, 15) is 13.2 Å². The molecule has 0 aliphatic rings. The molecule has 0 atom stereocenters. The van der Waals surface area contributed by atoms with Gasteiger partial charge >= 0.3 is 6.18 Å². The third kappa shape index (κ3) is 3.90. The molecule has 1 aromatic rings. The maximum absolute atomic E-state index is 12.7. The van der Waals surface area contributed by atoms with Gasteiger partial charge in [0.15, 0.2) is 0 Å². The molecule has 0 aliphatic carbocycles. The minimum Gasteiger partial charge on any atom is -0.319 e. The smallest absolute Gasteiger partial charge is 0.319 e. The maximum atomic E-state index is 12.7. The van der Waals surface area contributed by atoms with E-state index in [-0.39, 0.29) is 5.56 Å². The van der Waals surface area contributed by atoms with E-state index in [1.54, 1.807) is 25.3 Å². The number of hydrogen-bond donors (Lipinski definition) is 1. The van der Waals surface area contributed by atoms with Crippen molar-refractivity contribution in [3.05, 3.63) is 41.0 Å². The van der Waals surface area contributed by atoms with Crippen LogP contribution in [-0.2, 0) is 6.18 Å². The monoisotopic (exact) mass is 254 g/mol. The number of hydrogen-bond acceptors (Lipinski definition) is 2. The van der Waals surface area contributed by atoms with Gasteiger partial charge in [0.2, 0.25) is 0 Å². The van der Waals surface area contributed by atoms with Crippen LogP contribution >= 0.6 is 0 Å². The van der Waals surface area contributed by atoms with Gasteiger partial charge in [-0.1, -0.05) is 18.2 Å². The molecule has 5 heteroatoms. The van der Waals surface area contributed by atoms with Crippen LogP contribution in [0, 0.1) is 11.3 Å². The van der Waals surface area contributed by atoms with Crippen LogP contribution in [0.5, 0.6) is 0 Å². The first-order valence-electron chi connectivity index (χ1n) is 5.41. The van der Waals surface area contributed by atoms with Crippen molar-refractivity contribution in [2.45, 2.75) is 12.6 Å². The third-order valence-electron chi connectivity index (χ3n) is 2.34. The van der Waals surface area contributed by atoms with Gasteiger partial charge in [-0.05, 0) is 37.7 Å². The van der Waals surface area contributed by atoms with Crippen molar-refractivity contribution in [3.63, 3.8) is 0 Å². The lowest BCUT2D eigenvalue weighted by atomic mass is 10.0. The molecule has 0 amide bonds. The zero-order valence-corrected chi connectivity index (χ0v) is 9.88. The fourth-order valence-electron chi connectivity index (χ4n) is 1.44. The first-order valence-corrected chi connectivity index (χ1v) is 5.41. The van der Waals surface area contributed by atoms with Crippen molar-refractivity contribution in [3.8, 4) is 6.07 Å². The van der Waals surface area contributed by atoms with Crippen LogP contribution in [0.4, 0.5) is 13.2 Å². The number of nitriles is 1. The lowest BCUT2D eigenvalue weighted by Crippen LogP contribution is -2.08. The zero-order chi connectivity index (χ0) is 13.6. The molecule has 1 N–H and O–H groups in total. The van der Waals surface area contributed by atoms with Crippen molar-refractivity contribution >= 4 is 6.08 Å². The fourth-order valence-corrected chi connectivity index (χ4v) is 1.44. The lowest BCUT2D eigenvalue weighted by Gasteiger charge is -2.09. The lowest BCUT2D eigenvalue weighted by molar-refractivity contribution is -0.137. The first-order chi connectivity index (χ1) is 8.49. The molecule has 0 unspecified atom stereocenters. The minimum absolute atomic E-state index is 0.352. The van der Waals surface area contributed by atoms with Crippen LogP contribution < -0.4 is 5.32 Å². The van der Waals surface area contributed by atoms with E-state index < -0.39 is 11.7 Å². The van der Waals surface area contributed by atoms with Gasteiger partial charge in [0, 0.05) is 0 Å². The van der Waals surface area contributed by atoms with Crippen molar-refractivity contribution in [1.82, 2.24) is 5.32 Å². The highest BCUT2D eigenvalue weighted by Gasteiger charge is 2.33. The van der Waals surface area contributed by atoms with Crippen LogP contribution in [0.1, 0.15) is 23.1 Å². The normalized spacial score (nSPS) is 11.7. The summed E-state index contributed by atoms with van der Waals surface area (Å²) in [6.07, 6.45) is -0.358. The second-order valence-electron chi connectivity index (χ2n) is 3.71. The molecule has 1 aromatic carbocycles. The highest BCUT2D eigenvalue weighted by Crippen LogP contribution is 2.32. The Morgan fingerprint density at radius 3 is 2.67 bits per heavy atom. The zero-order valence-electron chi connectivity index (χ0n) is 9.88. The molecule has 0 aromatic heterocycles. The number of rotatable bonds is 4. The summed E-state index contributed by atoms with van der Waals surface area (Å²) in [7, 11) is 1.80. The van der Waals surface area contributed by atoms with Crippen LogP contribution in [0.3, 0.4) is 0 Å². The van der Waals surface area contributed by atoms with Crippen LogP contribution in [-0.4, -0.2) is 13.6 Å². The summed E-state index contributed by atoms with van der Waals surface area (Å²) in [6.45, 7) is 0.763. The van der Waals surface area contributed by atoms with Gasteiger partial charge in [-0.3, -0.25) is 0 Å². The summed E-state index contributed by atoms with van der Waals surface area (Å²) in [5.74, 6) is 0.